The maximum Gasteiger partial charge on any atom is 0.337 e. The molecular formula is C24H28N2O5. The first-order valence-corrected chi connectivity index (χ1v) is 10.3. The van der Waals surface area contributed by atoms with Crippen molar-refractivity contribution in [3.63, 3.8) is 0 Å². The van der Waals surface area contributed by atoms with Crippen LogP contribution >= 0.6 is 0 Å². The summed E-state index contributed by atoms with van der Waals surface area (Å²) >= 11 is 0. The van der Waals surface area contributed by atoms with Crippen molar-refractivity contribution in [1.29, 1.82) is 0 Å². The van der Waals surface area contributed by atoms with Gasteiger partial charge in [0.2, 0.25) is 5.91 Å². The third kappa shape index (κ3) is 5.92. The normalized spacial score (nSPS) is 16.4. The molecule has 31 heavy (non-hydrogen) atoms. The first-order valence-electron chi connectivity index (χ1n) is 10.3. The van der Waals surface area contributed by atoms with Gasteiger partial charge in [-0.05, 0) is 50.1 Å². The summed E-state index contributed by atoms with van der Waals surface area (Å²) in [6.07, 6.45) is 1.72. The van der Waals surface area contributed by atoms with Crippen LogP contribution in [0.4, 0.5) is 5.69 Å². The lowest BCUT2D eigenvalue weighted by atomic mass is 9.96. The van der Waals surface area contributed by atoms with E-state index in [-0.39, 0.29) is 23.0 Å². The van der Waals surface area contributed by atoms with Crippen molar-refractivity contribution in [3.05, 3.63) is 64.7 Å². The average molecular weight is 424 g/mol. The quantitative estimate of drug-likeness (QED) is 0.716. The zero-order valence-corrected chi connectivity index (χ0v) is 18.1. The molecule has 164 valence electrons. The Morgan fingerprint density at radius 1 is 1.03 bits per heavy atom. The lowest BCUT2D eigenvalue weighted by molar-refractivity contribution is -0.121. The van der Waals surface area contributed by atoms with E-state index < -0.39 is 11.9 Å². The highest BCUT2D eigenvalue weighted by atomic mass is 16.5. The van der Waals surface area contributed by atoms with Gasteiger partial charge in [-0.15, -0.1) is 0 Å². The molecule has 1 atom stereocenters. The summed E-state index contributed by atoms with van der Waals surface area (Å²) in [4.78, 5) is 39.2. The second-order valence-electron chi connectivity index (χ2n) is 7.83. The number of nitrogens with zero attached hydrogens (tertiary/aromatic N) is 1. The van der Waals surface area contributed by atoms with E-state index in [2.05, 4.69) is 35.3 Å². The van der Waals surface area contributed by atoms with Crippen molar-refractivity contribution >= 4 is 23.5 Å². The standard InChI is InChI=1S/C24H28N2O5/c1-16-6-4-7-17(10-16)14-26-9-5-8-18(15-26)22(27)25-21-12-19(23(28)30-2)11-20(13-21)24(29)31-3/h4,6-7,10-13,18H,5,8-9,14-15H2,1-3H3,(H,25,27). The van der Waals surface area contributed by atoms with Crippen LogP contribution in [0.15, 0.2) is 42.5 Å². The minimum absolute atomic E-state index is 0.133. The monoisotopic (exact) mass is 424 g/mol. The number of hydrogen-bond donors (Lipinski definition) is 1. The van der Waals surface area contributed by atoms with Crippen LogP contribution in [0.25, 0.3) is 0 Å². The summed E-state index contributed by atoms with van der Waals surface area (Å²) in [5.74, 6) is -1.50. The van der Waals surface area contributed by atoms with Crippen molar-refractivity contribution in [2.24, 2.45) is 5.92 Å². The molecule has 0 aliphatic carbocycles. The number of methoxy groups -OCH3 is 2. The van der Waals surface area contributed by atoms with Crippen LogP contribution < -0.4 is 5.32 Å². The largest absolute Gasteiger partial charge is 0.465 e. The number of aryl methyl sites for hydroxylation is 1. The predicted octanol–water partition coefficient (Wildman–Crippen LogP) is 3.42. The summed E-state index contributed by atoms with van der Waals surface area (Å²) in [6.45, 7) is 4.47. The zero-order valence-electron chi connectivity index (χ0n) is 18.1. The second-order valence-corrected chi connectivity index (χ2v) is 7.83. The van der Waals surface area contributed by atoms with Gasteiger partial charge in [0.25, 0.3) is 0 Å². The smallest absolute Gasteiger partial charge is 0.337 e. The first-order chi connectivity index (χ1) is 14.9. The van der Waals surface area contributed by atoms with Gasteiger partial charge in [0.15, 0.2) is 0 Å². The summed E-state index contributed by atoms with van der Waals surface area (Å²) in [5.41, 5.74) is 3.16. The molecule has 7 nitrogen and oxygen atoms in total. The van der Waals surface area contributed by atoms with E-state index in [4.69, 9.17) is 9.47 Å². The van der Waals surface area contributed by atoms with E-state index in [9.17, 15) is 14.4 Å². The number of ether oxygens (including phenoxy) is 2. The molecule has 3 rings (SSSR count). The summed E-state index contributed by atoms with van der Waals surface area (Å²) in [7, 11) is 2.52. The third-order valence-corrected chi connectivity index (χ3v) is 5.41. The van der Waals surface area contributed by atoms with Crippen LogP contribution in [-0.4, -0.2) is 50.1 Å². The van der Waals surface area contributed by atoms with Gasteiger partial charge in [-0.25, -0.2) is 9.59 Å². The molecule has 1 saturated heterocycles. The van der Waals surface area contributed by atoms with Crippen molar-refractivity contribution in [2.75, 3.05) is 32.6 Å². The van der Waals surface area contributed by atoms with Gasteiger partial charge >= 0.3 is 11.9 Å². The van der Waals surface area contributed by atoms with E-state index in [1.165, 1.54) is 43.5 Å². The van der Waals surface area contributed by atoms with Gasteiger partial charge < -0.3 is 14.8 Å². The number of likely N-dealkylation sites (tertiary alicyclic amines) is 1. The highest BCUT2D eigenvalue weighted by Gasteiger charge is 2.26. The second kappa shape index (κ2) is 10.2. The van der Waals surface area contributed by atoms with Crippen molar-refractivity contribution in [1.82, 2.24) is 4.90 Å². The number of hydrogen-bond acceptors (Lipinski definition) is 6. The number of anilines is 1. The molecule has 2 aromatic carbocycles. The lowest BCUT2D eigenvalue weighted by Crippen LogP contribution is -2.40. The predicted molar refractivity (Wildman–Crippen MR) is 117 cm³/mol. The van der Waals surface area contributed by atoms with Gasteiger partial charge in [-0.1, -0.05) is 29.8 Å². The van der Waals surface area contributed by atoms with Gasteiger partial charge in [0.1, 0.15) is 0 Å². The van der Waals surface area contributed by atoms with E-state index in [1.54, 1.807) is 0 Å². The number of amides is 1. The number of carbonyl (C=O) groups excluding carboxylic acids is 3. The van der Waals surface area contributed by atoms with Gasteiger partial charge in [0.05, 0.1) is 31.3 Å². The molecule has 0 aromatic heterocycles. The molecule has 1 aliphatic rings. The molecule has 2 aromatic rings. The van der Waals surface area contributed by atoms with E-state index in [0.717, 1.165) is 25.9 Å². The SMILES string of the molecule is COC(=O)c1cc(NC(=O)C2CCCN(Cc3cccc(C)c3)C2)cc(C(=O)OC)c1. The van der Waals surface area contributed by atoms with E-state index in [0.29, 0.717) is 12.2 Å². The van der Waals surface area contributed by atoms with Crippen LogP contribution in [0.3, 0.4) is 0 Å². The Bertz CT molecular complexity index is 938. The maximum atomic E-state index is 13.0. The highest BCUT2D eigenvalue weighted by molar-refractivity contribution is 6.00. The Morgan fingerprint density at radius 3 is 2.32 bits per heavy atom. The Hall–Kier alpha value is -3.19. The molecule has 7 heteroatoms. The Kier molecular flexibility index (Phi) is 7.41. The Balaban J connectivity index is 1.71. The van der Waals surface area contributed by atoms with Crippen LogP contribution in [0, 0.1) is 12.8 Å². The molecule has 1 N–H and O–H groups in total. The van der Waals surface area contributed by atoms with Crippen molar-refractivity contribution in [3.8, 4) is 0 Å². The van der Waals surface area contributed by atoms with Gasteiger partial charge in [-0.3, -0.25) is 9.69 Å². The van der Waals surface area contributed by atoms with Crippen LogP contribution in [0.1, 0.15) is 44.7 Å². The Labute approximate surface area is 182 Å². The number of piperidine rings is 1. The fourth-order valence-corrected chi connectivity index (χ4v) is 3.90. The molecule has 1 fully saturated rings. The van der Waals surface area contributed by atoms with Crippen LogP contribution in [0.2, 0.25) is 0 Å². The third-order valence-electron chi connectivity index (χ3n) is 5.41. The molecule has 1 aliphatic heterocycles. The molecule has 1 heterocycles. The first kappa shape index (κ1) is 22.5. The minimum Gasteiger partial charge on any atom is -0.465 e. The fraction of sp³-hybridized carbons (Fsp3) is 0.375. The topological polar surface area (TPSA) is 84.9 Å². The van der Waals surface area contributed by atoms with E-state index in [1.807, 2.05) is 6.07 Å². The summed E-state index contributed by atoms with van der Waals surface area (Å²) in [6, 6.07) is 12.8. The highest BCUT2D eigenvalue weighted by Crippen LogP contribution is 2.22. The molecule has 0 bridgehead atoms. The number of benzene rings is 2. The summed E-state index contributed by atoms with van der Waals surface area (Å²) < 4.78 is 9.50. The molecule has 1 unspecified atom stereocenters. The number of esters is 2. The van der Waals surface area contributed by atoms with Gasteiger partial charge in [0, 0.05) is 18.8 Å². The number of rotatable bonds is 6. The fourth-order valence-electron chi connectivity index (χ4n) is 3.90. The van der Waals surface area contributed by atoms with Crippen LogP contribution in [0.5, 0.6) is 0 Å². The molecule has 0 saturated carbocycles. The van der Waals surface area contributed by atoms with E-state index >= 15 is 0 Å². The maximum absolute atomic E-state index is 13.0. The van der Waals surface area contributed by atoms with Crippen molar-refractivity contribution in [2.45, 2.75) is 26.3 Å². The average Bonchev–Trinajstić information content (AvgIpc) is 2.78. The summed E-state index contributed by atoms with van der Waals surface area (Å²) in [5, 5.41) is 2.86. The number of carbonyl (C=O) groups is 3. The van der Waals surface area contributed by atoms with Crippen molar-refractivity contribution < 1.29 is 23.9 Å². The molecule has 0 radical (unpaired) electrons. The zero-order chi connectivity index (χ0) is 22.4. The molecule has 0 spiro atoms. The molecular weight excluding hydrogens is 396 g/mol. The van der Waals surface area contributed by atoms with Crippen LogP contribution in [-0.2, 0) is 20.8 Å². The Morgan fingerprint density at radius 2 is 1.71 bits per heavy atom. The van der Waals surface area contributed by atoms with Gasteiger partial charge in [-0.2, -0.15) is 0 Å². The number of nitrogens with one attached hydrogen (secondary N) is 1. The lowest BCUT2D eigenvalue weighted by Gasteiger charge is -2.32. The minimum atomic E-state index is -0.594. The molecule has 1 amide bonds.